The molecule has 0 saturated heterocycles. The molecule has 8 heteroatoms. The van der Waals surface area contributed by atoms with Gasteiger partial charge in [0.25, 0.3) is 0 Å². The van der Waals surface area contributed by atoms with Gasteiger partial charge in [0.05, 0.1) is 11.1 Å². The molecule has 0 aliphatic heterocycles. The molecule has 0 fully saturated rings. The summed E-state index contributed by atoms with van der Waals surface area (Å²) < 4.78 is 36.2. The Balaban J connectivity index is 0.000000243. The Labute approximate surface area is 158 Å². The summed E-state index contributed by atoms with van der Waals surface area (Å²) in [6.45, 7) is 0.972. The van der Waals surface area contributed by atoms with Crippen molar-refractivity contribution in [3.63, 3.8) is 0 Å². The van der Waals surface area contributed by atoms with Crippen LogP contribution in [0.3, 0.4) is 0 Å². The first-order valence-corrected chi connectivity index (χ1v) is 7.75. The fraction of sp³-hybridized carbons (Fsp3) is 0.100. The molecule has 3 aromatic carbocycles. The lowest BCUT2D eigenvalue weighted by molar-refractivity contribution is -0.302. The molecule has 5 nitrogen and oxygen atoms in total. The number of carboxylic acids is 2. The normalized spacial score (nSPS) is 10.1. The van der Waals surface area contributed by atoms with Gasteiger partial charge in [-0.25, -0.2) is 4.79 Å². The lowest BCUT2D eigenvalue weighted by atomic mass is 10.1. The predicted octanol–water partition coefficient (Wildman–Crippen LogP) is 3.07. The van der Waals surface area contributed by atoms with Crippen LogP contribution < -0.4 is 10.2 Å². The summed E-state index contributed by atoms with van der Waals surface area (Å²) in [6.07, 6.45) is -4.64. The van der Waals surface area contributed by atoms with Crippen molar-refractivity contribution in [2.75, 3.05) is 0 Å². The van der Waals surface area contributed by atoms with Gasteiger partial charge in [0.15, 0.2) is 0 Å². The first kappa shape index (κ1) is 22.5. The minimum Gasteiger partial charge on any atom is -0.872 e. The molecule has 148 valence electrons. The van der Waals surface area contributed by atoms with Crippen LogP contribution in [0.1, 0.15) is 22.8 Å². The molecule has 0 heterocycles. The van der Waals surface area contributed by atoms with E-state index in [1.165, 1.54) is 10.8 Å². The van der Waals surface area contributed by atoms with Crippen molar-refractivity contribution in [2.45, 2.75) is 13.1 Å². The fourth-order valence-electron chi connectivity index (χ4n) is 2.01. The van der Waals surface area contributed by atoms with Gasteiger partial charge in [-0.1, -0.05) is 66.4 Å². The predicted molar refractivity (Wildman–Crippen MR) is 92.5 cm³/mol. The van der Waals surface area contributed by atoms with Crippen molar-refractivity contribution in [2.24, 2.45) is 0 Å². The Morgan fingerprint density at radius 2 is 1.29 bits per heavy atom. The number of halogens is 3. The van der Waals surface area contributed by atoms with Gasteiger partial charge < -0.3 is 20.1 Å². The Kier molecular flexibility index (Phi) is 8.00. The first-order valence-electron chi connectivity index (χ1n) is 7.75. The average molecular weight is 392 g/mol. The number of rotatable bonds is 1. The van der Waals surface area contributed by atoms with Crippen molar-refractivity contribution >= 4 is 22.7 Å². The van der Waals surface area contributed by atoms with E-state index < -0.39 is 35.0 Å². The van der Waals surface area contributed by atoms with Crippen LogP contribution in [0.15, 0.2) is 66.7 Å². The maximum atomic E-state index is 12.1. The number of aliphatic carboxylic acids is 1. The molecule has 0 radical (unpaired) electrons. The lowest BCUT2D eigenvalue weighted by Gasteiger charge is -2.13. The van der Waals surface area contributed by atoms with E-state index in [0.29, 0.717) is 18.2 Å². The summed E-state index contributed by atoms with van der Waals surface area (Å²) in [7, 11) is 0. The van der Waals surface area contributed by atoms with Crippen LogP contribution in [0.2, 0.25) is 0 Å². The third kappa shape index (κ3) is 7.36. The zero-order chi connectivity index (χ0) is 21.3. The van der Waals surface area contributed by atoms with Crippen molar-refractivity contribution < 1.29 is 38.1 Å². The molecule has 0 aliphatic rings. The minimum absolute atomic E-state index is 0.324. The molecule has 0 atom stereocenters. The van der Waals surface area contributed by atoms with Crippen LogP contribution in [-0.4, -0.2) is 17.0 Å². The Bertz CT molecular complexity index is 882. The van der Waals surface area contributed by atoms with Gasteiger partial charge in [0.1, 0.15) is 0 Å². The first-order chi connectivity index (χ1) is 13.0. The Hall–Kier alpha value is -3.55. The largest absolute Gasteiger partial charge is 0.872 e. The highest BCUT2D eigenvalue weighted by Crippen LogP contribution is 2.31. The van der Waals surface area contributed by atoms with Gasteiger partial charge in [0, 0.05) is 5.97 Å². The fourth-order valence-corrected chi connectivity index (χ4v) is 2.01. The third-order valence-corrected chi connectivity index (χ3v) is 3.20. The molecule has 3 aromatic rings. The van der Waals surface area contributed by atoms with Gasteiger partial charge in [-0.15, -0.1) is 0 Å². The average Bonchev–Trinajstić information content (AvgIpc) is 2.61. The second kappa shape index (κ2) is 9.96. The van der Waals surface area contributed by atoms with Crippen molar-refractivity contribution in [1.82, 2.24) is 0 Å². The van der Waals surface area contributed by atoms with Crippen LogP contribution in [0.25, 0.3) is 10.8 Å². The van der Waals surface area contributed by atoms with E-state index in [-0.39, 0.29) is 0 Å². The zero-order valence-corrected chi connectivity index (χ0v) is 14.6. The summed E-state index contributed by atoms with van der Waals surface area (Å²) in [4.78, 5) is 19.2. The Morgan fingerprint density at radius 1 is 0.893 bits per heavy atom. The van der Waals surface area contributed by atoms with E-state index in [0.717, 1.165) is 6.92 Å². The SMILES string of the molecule is CC(=O)[O-].O=C(O)c1cc(C(F)(F)F)ccc1[O-].c1ccc2ccccc2c1. The maximum absolute atomic E-state index is 12.1. The third-order valence-electron chi connectivity index (χ3n) is 3.20. The number of alkyl halides is 3. The van der Waals surface area contributed by atoms with E-state index in [1.54, 1.807) is 0 Å². The number of carboxylic acid groups (broad SMARTS) is 2. The molecule has 0 bridgehead atoms. The van der Waals surface area contributed by atoms with Crippen LogP contribution in [0.4, 0.5) is 13.2 Å². The number of hydrogen-bond donors (Lipinski definition) is 1. The second-order valence-corrected chi connectivity index (χ2v) is 5.35. The number of carbonyl (C=O) groups excluding carboxylic acids is 1. The molecule has 0 saturated carbocycles. The van der Waals surface area contributed by atoms with Crippen molar-refractivity contribution in [3.8, 4) is 5.75 Å². The molecule has 0 unspecified atom stereocenters. The van der Waals surface area contributed by atoms with Gasteiger partial charge in [0.2, 0.25) is 0 Å². The van der Waals surface area contributed by atoms with E-state index >= 15 is 0 Å². The number of fused-ring (bicyclic) bond motifs is 1. The van der Waals surface area contributed by atoms with Crippen molar-refractivity contribution in [1.29, 1.82) is 0 Å². The van der Waals surface area contributed by atoms with Gasteiger partial charge in [-0.05, 0) is 23.8 Å². The Morgan fingerprint density at radius 3 is 1.61 bits per heavy atom. The quantitative estimate of drug-likeness (QED) is 0.686. The van der Waals surface area contributed by atoms with Crippen molar-refractivity contribution in [3.05, 3.63) is 77.9 Å². The van der Waals surface area contributed by atoms with Crippen LogP contribution >= 0.6 is 0 Å². The maximum Gasteiger partial charge on any atom is 0.416 e. The molecule has 28 heavy (non-hydrogen) atoms. The molecular formula is C20H15F3O5-2. The van der Waals surface area contributed by atoms with Crippen LogP contribution in [-0.2, 0) is 11.0 Å². The molecule has 0 aromatic heterocycles. The minimum atomic E-state index is -4.64. The molecule has 0 spiro atoms. The monoisotopic (exact) mass is 392 g/mol. The highest BCUT2D eigenvalue weighted by Gasteiger charge is 2.31. The van der Waals surface area contributed by atoms with E-state index in [2.05, 4.69) is 48.5 Å². The van der Waals surface area contributed by atoms with Gasteiger partial charge in [-0.3, -0.25) is 0 Å². The summed E-state index contributed by atoms with van der Waals surface area (Å²) in [5.41, 5.74) is -2.02. The van der Waals surface area contributed by atoms with Crippen LogP contribution in [0.5, 0.6) is 5.75 Å². The van der Waals surface area contributed by atoms with Gasteiger partial charge in [-0.2, -0.15) is 13.2 Å². The summed E-state index contributed by atoms with van der Waals surface area (Å²) in [6, 6.07) is 18.2. The second-order valence-electron chi connectivity index (χ2n) is 5.35. The molecule has 1 N–H and O–H groups in total. The molecular weight excluding hydrogens is 377 g/mol. The van der Waals surface area contributed by atoms with Gasteiger partial charge >= 0.3 is 12.1 Å². The number of carbonyl (C=O) groups is 2. The summed E-state index contributed by atoms with van der Waals surface area (Å²) in [5, 5.41) is 30.7. The zero-order valence-electron chi connectivity index (χ0n) is 14.6. The summed E-state index contributed by atoms with van der Waals surface area (Å²) >= 11 is 0. The molecule has 3 rings (SSSR count). The highest BCUT2D eigenvalue weighted by molar-refractivity contribution is 5.90. The number of benzene rings is 3. The standard InChI is InChI=1S/C10H8.C8H5F3O3.C2H4O2/c1-2-6-10-8-4-3-7-9(10)5-1;9-8(10,11)4-1-2-6(12)5(3-4)7(13)14;1-2(3)4/h1-8H;1-3,12H,(H,13,14);1H3,(H,3,4)/p-2. The van der Waals surface area contributed by atoms with E-state index in [4.69, 9.17) is 15.0 Å². The highest BCUT2D eigenvalue weighted by atomic mass is 19.4. The van der Waals surface area contributed by atoms with Crippen LogP contribution in [0, 0.1) is 0 Å². The summed E-state index contributed by atoms with van der Waals surface area (Å²) in [5.74, 6) is -3.69. The topological polar surface area (TPSA) is 100 Å². The van der Waals surface area contributed by atoms with E-state index in [1.807, 2.05) is 0 Å². The lowest BCUT2D eigenvalue weighted by Crippen LogP contribution is -2.16. The molecule has 0 amide bonds. The number of aromatic carboxylic acids is 1. The van der Waals surface area contributed by atoms with E-state index in [9.17, 15) is 23.1 Å². The smallest absolute Gasteiger partial charge is 0.416 e. The number of hydrogen-bond acceptors (Lipinski definition) is 4. The molecule has 0 aliphatic carbocycles.